The summed E-state index contributed by atoms with van der Waals surface area (Å²) < 4.78 is 18.9. The van der Waals surface area contributed by atoms with Crippen molar-refractivity contribution in [2.75, 3.05) is 27.8 Å². The van der Waals surface area contributed by atoms with Crippen LogP contribution in [0, 0.1) is 0 Å². The first-order valence-electron chi connectivity index (χ1n) is 2.44. The molecule has 0 saturated heterocycles. The second-order valence-electron chi connectivity index (χ2n) is 1.24. The molecule has 0 amide bonds. The van der Waals surface area contributed by atoms with E-state index in [1.165, 1.54) is 0 Å². The molecule has 0 aromatic carbocycles. The Bertz CT molecular complexity index is 58.3. The van der Waals surface area contributed by atoms with Crippen molar-refractivity contribution in [1.82, 2.24) is 0 Å². The molecule has 0 N–H and O–H groups in total. The molecule has 0 atom stereocenters. The third kappa shape index (κ3) is 12.1. The Morgan fingerprint density at radius 2 is 1.50 bits per heavy atom. The quantitative estimate of drug-likeness (QED) is 0.314. The van der Waals surface area contributed by atoms with E-state index in [4.69, 9.17) is 7.58 Å². The molecule has 0 aliphatic carbocycles. The second-order valence-corrected chi connectivity index (χ2v) is 2.10. The SMILES string of the molecule is COC[O][Al][O]COC.[HH].[HH].[NaH]. The molecular weight excluding hydrogens is 162 g/mol. The Labute approximate surface area is 92.8 Å². The number of ether oxygens (including phenoxy) is 2. The Kier molecular flexibility index (Phi) is 18.1. The van der Waals surface area contributed by atoms with Crippen molar-refractivity contribution in [2.45, 2.75) is 0 Å². The molecule has 0 spiro atoms. The van der Waals surface area contributed by atoms with Gasteiger partial charge in [0.2, 0.25) is 0 Å². The van der Waals surface area contributed by atoms with E-state index < -0.39 is 15.9 Å². The van der Waals surface area contributed by atoms with Crippen LogP contribution in [0.15, 0.2) is 0 Å². The van der Waals surface area contributed by atoms with Crippen LogP contribution in [0.1, 0.15) is 2.85 Å². The van der Waals surface area contributed by atoms with Crippen molar-refractivity contribution in [3.63, 3.8) is 0 Å². The molecule has 59 valence electrons. The Morgan fingerprint density at radius 1 is 1.10 bits per heavy atom. The molecule has 0 bridgehead atoms. The summed E-state index contributed by atoms with van der Waals surface area (Å²) in [5.74, 6) is 0. The van der Waals surface area contributed by atoms with E-state index in [1.807, 2.05) is 0 Å². The molecule has 0 heterocycles. The van der Waals surface area contributed by atoms with Gasteiger partial charge in [-0.2, -0.15) is 0 Å². The van der Waals surface area contributed by atoms with Crippen molar-refractivity contribution in [3.8, 4) is 0 Å². The summed E-state index contributed by atoms with van der Waals surface area (Å²) in [5, 5.41) is 0. The van der Waals surface area contributed by atoms with Gasteiger partial charge in [0.25, 0.3) is 0 Å². The summed E-state index contributed by atoms with van der Waals surface area (Å²) in [7, 11) is 3.13. The maximum atomic E-state index is 4.84. The van der Waals surface area contributed by atoms with Crippen LogP contribution in [0.4, 0.5) is 0 Å². The summed E-state index contributed by atoms with van der Waals surface area (Å²) in [6.07, 6.45) is 0. The molecular formula is C4H15AlNaO4. The standard InChI is InChI=1S/2C2H5O2.Al.Na.2H2.H/c2*1-4-2-3;;;;;/h2*2H2,1H3;;;2*1H;/q2*-1;+2;;;;. The number of hydrogen-bond donors (Lipinski definition) is 0. The number of hydrogen-bond acceptors (Lipinski definition) is 4. The fourth-order valence-corrected chi connectivity index (χ4v) is 0.719. The molecule has 0 fully saturated rings. The summed E-state index contributed by atoms with van der Waals surface area (Å²) in [6, 6.07) is 0. The van der Waals surface area contributed by atoms with Crippen LogP contribution in [0.5, 0.6) is 0 Å². The van der Waals surface area contributed by atoms with E-state index in [0.29, 0.717) is 13.6 Å². The van der Waals surface area contributed by atoms with Crippen LogP contribution >= 0.6 is 0 Å². The van der Waals surface area contributed by atoms with Gasteiger partial charge >= 0.3 is 45.4 Å². The molecule has 0 aliphatic heterocycles. The van der Waals surface area contributed by atoms with Crippen LogP contribution < -0.4 is 0 Å². The van der Waals surface area contributed by atoms with Crippen molar-refractivity contribution in [2.24, 2.45) is 0 Å². The molecule has 6 heteroatoms. The van der Waals surface area contributed by atoms with Crippen LogP contribution in [-0.4, -0.2) is 73.2 Å². The molecule has 0 saturated carbocycles. The van der Waals surface area contributed by atoms with Crippen LogP contribution in [0.3, 0.4) is 0 Å². The van der Waals surface area contributed by atoms with E-state index in [9.17, 15) is 0 Å². The predicted octanol–water partition coefficient (Wildman–Crippen LogP) is -0.395. The first kappa shape index (κ1) is 13.9. The zero-order valence-corrected chi connectivity index (χ0v) is 6.78. The zero-order valence-electron chi connectivity index (χ0n) is 5.62. The molecule has 4 nitrogen and oxygen atoms in total. The van der Waals surface area contributed by atoms with Gasteiger partial charge in [-0.1, -0.05) is 0 Å². The minimum absolute atomic E-state index is 0. The summed E-state index contributed by atoms with van der Waals surface area (Å²) in [6.45, 7) is 0.581. The van der Waals surface area contributed by atoms with E-state index in [2.05, 4.69) is 9.47 Å². The first-order valence-corrected chi connectivity index (χ1v) is 3.39. The average molecular weight is 177 g/mol. The van der Waals surface area contributed by atoms with Gasteiger partial charge in [-0.25, -0.2) is 0 Å². The fraction of sp³-hybridized carbons (Fsp3) is 1.00. The molecule has 1 radical (unpaired) electrons. The van der Waals surface area contributed by atoms with Crippen molar-refractivity contribution >= 4 is 45.4 Å². The van der Waals surface area contributed by atoms with E-state index in [1.54, 1.807) is 14.2 Å². The van der Waals surface area contributed by atoms with Gasteiger partial charge in [0.05, 0.1) is 0 Å². The molecule has 0 aromatic heterocycles. The third-order valence-electron chi connectivity index (χ3n) is 0.508. The molecule has 10 heavy (non-hydrogen) atoms. The van der Waals surface area contributed by atoms with Gasteiger partial charge in [-0.05, 0) is 0 Å². The monoisotopic (exact) mass is 177 g/mol. The second kappa shape index (κ2) is 13.0. The molecule has 0 aromatic rings. The van der Waals surface area contributed by atoms with Crippen molar-refractivity contribution < 1.29 is 19.9 Å². The average Bonchev–Trinajstić information content (AvgIpc) is 1.89. The van der Waals surface area contributed by atoms with Gasteiger partial charge in [0, 0.05) is 17.1 Å². The maximum absolute atomic E-state index is 4.84. The summed E-state index contributed by atoms with van der Waals surface area (Å²) in [4.78, 5) is 0. The number of rotatable bonds is 6. The van der Waals surface area contributed by atoms with E-state index in [0.717, 1.165) is 0 Å². The third-order valence-corrected chi connectivity index (χ3v) is 1.05. The predicted molar refractivity (Wildman–Crippen MR) is 43.1 cm³/mol. The van der Waals surface area contributed by atoms with Gasteiger partial charge < -0.3 is 17.1 Å². The van der Waals surface area contributed by atoms with Crippen LogP contribution in [0.2, 0.25) is 0 Å². The van der Waals surface area contributed by atoms with Crippen LogP contribution in [-0.2, 0) is 17.1 Å². The Morgan fingerprint density at radius 3 is 1.80 bits per heavy atom. The summed E-state index contributed by atoms with van der Waals surface area (Å²) in [5.41, 5.74) is 0. The van der Waals surface area contributed by atoms with Gasteiger partial charge in [-0.15, -0.1) is 0 Å². The molecule has 0 unspecified atom stereocenters. The van der Waals surface area contributed by atoms with Crippen LogP contribution in [0.25, 0.3) is 0 Å². The Balaban J connectivity index is -0.000000107. The first-order chi connectivity index (χ1) is 4.41. The van der Waals surface area contributed by atoms with Gasteiger partial charge in [0.1, 0.15) is 13.6 Å². The fourth-order valence-electron chi connectivity index (χ4n) is 0.240. The van der Waals surface area contributed by atoms with Gasteiger partial charge in [0.15, 0.2) is 0 Å². The summed E-state index contributed by atoms with van der Waals surface area (Å²) >= 11 is -0.432. The van der Waals surface area contributed by atoms with E-state index in [-0.39, 0.29) is 32.4 Å². The normalized spacial score (nSPS) is 8.60. The van der Waals surface area contributed by atoms with E-state index >= 15 is 0 Å². The van der Waals surface area contributed by atoms with Gasteiger partial charge in [-0.3, -0.25) is 0 Å². The number of methoxy groups -OCH3 is 2. The zero-order chi connectivity index (χ0) is 6.95. The van der Waals surface area contributed by atoms with Crippen molar-refractivity contribution in [1.29, 1.82) is 0 Å². The topological polar surface area (TPSA) is 36.9 Å². The minimum atomic E-state index is -0.432. The Hall–Kier alpha value is 1.37. The molecule has 0 aliphatic rings. The van der Waals surface area contributed by atoms with Crippen molar-refractivity contribution in [3.05, 3.63) is 0 Å². The molecule has 0 rings (SSSR count).